The third-order valence-electron chi connectivity index (χ3n) is 5.32. The molecule has 30 heavy (non-hydrogen) atoms. The van der Waals surface area contributed by atoms with Crippen molar-refractivity contribution in [3.8, 4) is 22.0 Å². The fraction of sp³-hybridized carbons (Fsp3) is 0.333. The van der Waals surface area contributed by atoms with Gasteiger partial charge in [-0.1, -0.05) is 48.3 Å². The van der Waals surface area contributed by atoms with Crippen LogP contribution in [0.15, 0.2) is 47.2 Å². The molecule has 154 valence electrons. The average Bonchev–Trinajstić information content (AvgIpc) is 3.53. The van der Waals surface area contributed by atoms with Gasteiger partial charge in [0, 0.05) is 41.5 Å². The van der Waals surface area contributed by atoms with E-state index in [1.165, 1.54) is 12.8 Å². The summed E-state index contributed by atoms with van der Waals surface area (Å²) in [7, 11) is 1.92. The van der Waals surface area contributed by atoms with E-state index in [0.29, 0.717) is 11.1 Å². The molecule has 0 amide bonds. The highest BCUT2D eigenvalue weighted by molar-refractivity contribution is 7.98. The summed E-state index contributed by atoms with van der Waals surface area (Å²) in [5.74, 6) is 1.62. The minimum Gasteiger partial charge on any atom is -0.299 e. The first kappa shape index (κ1) is 19.8. The number of rotatable bonds is 6. The number of aryl methyl sites for hydroxylation is 1. The van der Waals surface area contributed by atoms with E-state index in [4.69, 9.17) is 16.6 Å². The molecule has 0 unspecified atom stereocenters. The lowest BCUT2D eigenvalue weighted by Gasteiger charge is -2.17. The highest BCUT2D eigenvalue weighted by Gasteiger charge is 2.26. The molecule has 1 aliphatic rings. The first-order valence-corrected chi connectivity index (χ1v) is 12.2. The monoisotopic (exact) mass is 456 g/mol. The number of halogens is 1. The van der Waals surface area contributed by atoms with E-state index in [0.717, 1.165) is 51.4 Å². The van der Waals surface area contributed by atoms with Gasteiger partial charge in [-0.05, 0) is 25.0 Å². The van der Waals surface area contributed by atoms with Gasteiger partial charge in [-0.3, -0.25) is 9.25 Å². The maximum atomic E-state index is 6.48. The Hall–Kier alpha value is -2.16. The highest BCUT2D eigenvalue weighted by Crippen LogP contribution is 2.39. The number of benzene rings is 1. The molecule has 0 N–H and O–H groups in total. The summed E-state index contributed by atoms with van der Waals surface area (Å²) < 4.78 is 4.10. The second-order valence-electron chi connectivity index (χ2n) is 7.43. The Morgan fingerprint density at radius 1 is 1.20 bits per heavy atom. The van der Waals surface area contributed by atoms with Crippen LogP contribution in [0.3, 0.4) is 0 Å². The highest BCUT2D eigenvalue weighted by atomic mass is 35.5. The van der Waals surface area contributed by atoms with E-state index in [2.05, 4.69) is 25.2 Å². The van der Waals surface area contributed by atoms with E-state index < -0.39 is 0 Å². The van der Waals surface area contributed by atoms with Crippen molar-refractivity contribution in [1.82, 2.24) is 29.5 Å². The predicted molar refractivity (Wildman–Crippen MR) is 122 cm³/mol. The Labute approximate surface area is 188 Å². The number of thiazole rings is 1. The van der Waals surface area contributed by atoms with Crippen LogP contribution in [0.25, 0.3) is 22.0 Å². The third-order valence-corrected chi connectivity index (χ3v) is 7.57. The van der Waals surface area contributed by atoms with Crippen molar-refractivity contribution in [3.63, 3.8) is 0 Å². The molecular formula is C21H21ClN6S2. The molecule has 3 aromatic heterocycles. The molecular weight excluding hydrogens is 436 g/mol. The van der Waals surface area contributed by atoms with E-state index in [9.17, 15) is 0 Å². The summed E-state index contributed by atoms with van der Waals surface area (Å²) >= 11 is 9.82. The fourth-order valence-corrected chi connectivity index (χ4v) is 5.89. The molecule has 0 spiro atoms. The zero-order valence-electron chi connectivity index (χ0n) is 16.5. The van der Waals surface area contributed by atoms with Crippen molar-refractivity contribution in [2.45, 2.75) is 42.6 Å². The summed E-state index contributed by atoms with van der Waals surface area (Å²) in [6.45, 7) is 0. The third kappa shape index (κ3) is 3.91. The molecule has 1 fully saturated rings. The maximum Gasteiger partial charge on any atom is 0.192 e. The fourth-order valence-electron chi connectivity index (χ4n) is 3.87. The molecule has 0 atom stereocenters. The Bertz CT molecular complexity index is 1160. The molecule has 4 aromatic rings. The van der Waals surface area contributed by atoms with E-state index in [1.807, 2.05) is 43.7 Å². The molecule has 1 aromatic carbocycles. The summed E-state index contributed by atoms with van der Waals surface area (Å²) in [5, 5.41) is 18.1. The lowest BCUT2D eigenvalue weighted by Crippen LogP contribution is -2.08. The molecule has 1 saturated carbocycles. The number of hydrogen-bond donors (Lipinski definition) is 0. The Morgan fingerprint density at radius 3 is 2.80 bits per heavy atom. The van der Waals surface area contributed by atoms with Crippen LogP contribution >= 0.6 is 34.7 Å². The topological polar surface area (TPSA) is 61.4 Å². The van der Waals surface area contributed by atoms with E-state index in [-0.39, 0.29) is 0 Å². The van der Waals surface area contributed by atoms with Gasteiger partial charge < -0.3 is 0 Å². The number of nitrogens with zero attached hydrogens (tertiary/aromatic N) is 6. The van der Waals surface area contributed by atoms with Gasteiger partial charge in [0.15, 0.2) is 11.0 Å². The molecule has 9 heteroatoms. The number of hydrogen-bond acceptors (Lipinski definition) is 6. The van der Waals surface area contributed by atoms with Crippen LogP contribution in [0.2, 0.25) is 5.02 Å². The van der Waals surface area contributed by atoms with Crippen LogP contribution in [-0.2, 0) is 12.8 Å². The smallest absolute Gasteiger partial charge is 0.192 e. The van der Waals surface area contributed by atoms with Gasteiger partial charge in [-0.25, -0.2) is 4.98 Å². The molecule has 0 saturated heterocycles. The quantitative estimate of drug-likeness (QED) is 0.340. The molecule has 5 rings (SSSR count). The SMILES string of the molecule is Cn1cc(-c2nc(CSc3nnc(-c4ccccc4Cl)n3C3CCCC3)cs2)cn1. The summed E-state index contributed by atoms with van der Waals surface area (Å²) in [6.07, 6.45) is 8.64. The van der Waals surface area contributed by atoms with Crippen LogP contribution < -0.4 is 0 Å². The molecule has 3 heterocycles. The molecule has 6 nitrogen and oxygen atoms in total. The second kappa shape index (κ2) is 8.53. The van der Waals surface area contributed by atoms with Crippen LogP contribution in [0.1, 0.15) is 37.4 Å². The van der Waals surface area contributed by atoms with Gasteiger partial charge in [-0.15, -0.1) is 21.5 Å². The largest absolute Gasteiger partial charge is 0.299 e. The average molecular weight is 457 g/mol. The van der Waals surface area contributed by atoms with Crippen LogP contribution in [0.5, 0.6) is 0 Å². The van der Waals surface area contributed by atoms with Gasteiger partial charge in [0.1, 0.15) is 5.01 Å². The number of thioether (sulfide) groups is 1. The van der Waals surface area contributed by atoms with E-state index >= 15 is 0 Å². The van der Waals surface area contributed by atoms with Gasteiger partial charge in [0.05, 0.1) is 16.9 Å². The van der Waals surface area contributed by atoms with E-state index in [1.54, 1.807) is 27.8 Å². The second-order valence-corrected chi connectivity index (χ2v) is 9.64. The van der Waals surface area contributed by atoms with Crippen molar-refractivity contribution in [2.75, 3.05) is 0 Å². The minimum absolute atomic E-state index is 0.426. The maximum absolute atomic E-state index is 6.48. The molecule has 0 aliphatic heterocycles. The minimum atomic E-state index is 0.426. The summed E-state index contributed by atoms with van der Waals surface area (Å²) in [6, 6.07) is 8.30. The first-order chi connectivity index (χ1) is 14.7. The molecule has 0 radical (unpaired) electrons. The Morgan fingerprint density at radius 2 is 2.03 bits per heavy atom. The van der Waals surface area contributed by atoms with Crippen molar-refractivity contribution >= 4 is 34.7 Å². The Balaban J connectivity index is 1.41. The lowest BCUT2D eigenvalue weighted by atomic mass is 10.2. The van der Waals surface area contributed by atoms with Crippen molar-refractivity contribution in [3.05, 3.63) is 52.8 Å². The molecule has 0 bridgehead atoms. The predicted octanol–water partition coefficient (Wildman–Crippen LogP) is 5.86. The van der Waals surface area contributed by atoms with Crippen LogP contribution in [0, 0.1) is 0 Å². The van der Waals surface area contributed by atoms with Gasteiger partial charge in [-0.2, -0.15) is 5.10 Å². The first-order valence-electron chi connectivity index (χ1n) is 9.95. The Kier molecular flexibility index (Phi) is 5.62. The summed E-state index contributed by atoms with van der Waals surface area (Å²) in [5.41, 5.74) is 3.04. The normalized spacial score (nSPS) is 14.6. The van der Waals surface area contributed by atoms with Crippen molar-refractivity contribution in [2.24, 2.45) is 7.05 Å². The van der Waals surface area contributed by atoms with Crippen LogP contribution in [0.4, 0.5) is 0 Å². The van der Waals surface area contributed by atoms with Gasteiger partial charge >= 0.3 is 0 Å². The standard InChI is InChI=1S/C21H21ClN6S2/c1-27-11-14(10-23-27)20-24-15(12-29-20)13-30-21-26-25-19(17-8-4-5-9-18(17)22)28(21)16-6-2-3-7-16/h4-5,8-12,16H,2-3,6-7,13H2,1H3. The van der Waals surface area contributed by atoms with Crippen molar-refractivity contribution < 1.29 is 0 Å². The molecule has 1 aliphatic carbocycles. The summed E-state index contributed by atoms with van der Waals surface area (Å²) in [4.78, 5) is 4.78. The number of aromatic nitrogens is 6. The van der Waals surface area contributed by atoms with Gasteiger partial charge in [0.2, 0.25) is 0 Å². The zero-order chi connectivity index (χ0) is 20.5. The van der Waals surface area contributed by atoms with Crippen molar-refractivity contribution in [1.29, 1.82) is 0 Å². The van der Waals surface area contributed by atoms with Gasteiger partial charge in [0.25, 0.3) is 0 Å². The lowest BCUT2D eigenvalue weighted by molar-refractivity contribution is 0.485. The van der Waals surface area contributed by atoms with Crippen LogP contribution in [-0.4, -0.2) is 29.5 Å². The zero-order valence-corrected chi connectivity index (χ0v) is 18.9.